The van der Waals surface area contributed by atoms with E-state index >= 15 is 0 Å². The maximum atomic E-state index is 13.3. The van der Waals surface area contributed by atoms with Crippen LogP contribution < -0.4 is 0 Å². The van der Waals surface area contributed by atoms with Gasteiger partial charge in [0.05, 0.1) is 12.2 Å². The van der Waals surface area contributed by atoms with Crippen LogP contribution in [0, 0.1) is 29.1 Å². The summed E-state index contributed by atoms with van der Waals surface area (Å²) >= 11 is 0. The van der Waals surface area contributed by atoms with Crippen molar-refractivity contribution in [2.24, 2.45) is 29.1 Å². The molecular weight excluding hydrogens is 576 g/mol. The molecule has 2 saturated carbocycles. The summed E-state index contributed by atoms with van der Waals surface area (Å²) in [5.74, 6) is -4.29. The monoisotopic (exact) mass is 634 g/mol. The molecule has 8 atom stereocenters. The first-order valence-corrected chi connectivity index (χ1v) is 17.1. The van der Waals surface area contributed by atoms with Gasteiger partial charge in [0, 0.05) is 48.9 Å². The van der Waals surface area contributed by atoms with Crippen LogP contribution in [0.5, 0.6) is 0 Å². The van der Waals surface area contributed by atoms with Crippen LogP contribution in [-0.4, -0.2) is 68.0 Å². The Morgan fingerprint density at radius 2 is 1.51 bits per heavy atom. The smallest absolute Gasteiger partial charge is 0.306 e. The topological polar surface area (TPSA) is 162 Å². The molecule has 9 nitrogen and oxygen atoms in total. The van der Waals surface area contributed by atoms with Crippen LogP contribution >= 0.6 is 0 Å². The first kappa shape index (κ1) is 37.4. The largest absolute Gasteiger partial charge is 0.458 e. The number of fused-ring (bicyclic) bond motifs is 5. The second-order valence-electron chi connectivity index (χ2n) is 14.7. The standard InChI is InChI=1S/C36H56O8.H2O/c1-7-8-9-10-11-12-13-14-15-16-17-18-29(39)43-32-24(3)35(42)27(30-33(5,6)36(30,32)44-25(4)38)20-26(22-37)21-34(41)28(35)19-23(2)31(34)40;/h19-20,24,27-28,30,32,37,41-42H,7-18,21-22H2,1-6H3;1H2/t24-,27+,28-,30-,32-,34-,35-,36-;/m0./s1. The van der Waals surface area contributed by atoms with Gasteiger partial charge in [0.15, 0.2) is 11.4 Å². The molecule has 0 aromatic carbocycles. The van der Waals surface area contributed by atoms with Gasteiger partial charge in [-0.2, -0.15) is 0 Å². The molecule has 45 heavy (non-hydrogen) atoms. The summed E-state index contributed by atoms with van der Waals surface area (Å²) in [6, 6.07) is 0. The molecular formula is C36H58O9. The Morgan fingerprint density at radius 3 is 2.04 bits per heavy atom. The van der Waals surface area contributed by atoms with E-state index in [1.54, 1.807) is 26.0 Å². The molecule has 0 saturated heterocycles. The van der Waals surface area contributed by atoms with Gasteiger partial charge in [-0.05, 0) is 24.5 Å². The van der Waals surface area contributed by atoms with E-state index < -0.39 is 69.7 Å². The number of hydrogen-bond donors (Lipinski definition) is 3. The quantitative estimate of drug-likeness (QED) is 0.130. The summed E-state index contributed by atoms with van der Waals surface area (Å²) in [5.41, 5.74) is -4.71. The minimum absolute atomic E-state index is 0. The summed E-state index contributed by atoms with van der Waals surface area (Å²) in [7, 11) is 0. The molecule has 0 radical (unpaired) electrons. The number of hydrogen-bond acceptors (Lipinski definition) is 8. The highest BCUT2D eigenvalue weighted by atomic mass is 16.6. The van der Waals surface area contributed by atoms with Gasteiger partial charge in [-0.1, -0.05) is 104 Å². The Bertz CT molecular complexity index is 1160. The number of Topliss-reactive ketones (excluding diaryl/α,β-unsaturated/α-hetero) is 1. The highest BCUT2D eigenvalue weighted by Crippen LogP contribution is 2.77. The van der Waals surface area contributed by atoms with E-state index in [-0.39, 0.29) is 24.9 Å². The summed E-state index contributed by atoms with van der Waals surface area (Å²) in [6.45, 7) is 10.4. The minimum atomic E-state index is -1.93. The zero-order valence-electron chi connectivity index (χ0n) is 28.3. The fraction of sp³-hybridized carbons (Fsp3) is 0.806. The average Bonchev–Trinajstić information content (AvgIpc) is 3.38. The highest BCUT2D eigenvalue weighted by Gasteiger charge is 2.87. The zero-order chi connectivity index (χ0) is 32.5. The van der Waals surface area contributed by atoms with Crippen molar-refractivity contribution in [2.75, 3.05) is 6.61 Å². The van der Waals surface area contributed by atoms with Gasteiger partial charge in [-0.25, -0.2) is 0 Å². The van der Waals surface area contributed by atoms with Crippen molar-refractivity contribution in [3.63, 3.8) is 0 Å². The lowest BCUT2D eigenvalue weighted by Gasteiger charge is -2.53. The first-order chi connectivity index (χ1) is 20.7. The van der Waals surface area contributed by atoms with Gasteiger partial charge < -0.3 is 30.3 Å². The lowest BCUT2D eigenvalue weighted by Crippen LogP contribution is -2.66. The summed E-state index contributed by atoms with van der Waals surface area (Å²) in [6.07, 6.45) is 15.4. The van der Waals surface area contributed by atoms with Crippen LogP contribution in [0.4, 0.5) is 0 Å². The molecule has 0 aromatic rings. The Hall–Kier alpha value is -2.07. The predicted octanol–water partition coefficient (Wildman–Crippen LogP) is 4.93. The third kappa shape index (κ3) is 6.43. The summed E-state index contributed by atoms with van der Waals surface area (Å²) < 4.78 is 12.3. The van der Waals surface area contributed by atoms with Crippen molar-refractivity contribution in [1.29, 1.82) is 0 Å². The third-order valence-corrected chi connectivity index (χ3v) is 11.5. The Morgan fingerprint density at radius 1 is 0.956 bits per heavy atom. The molecule has 0 bridgehead atoms. The van der Waals surface area contributed by atoms with E-state index in [1.807, 2.05) is 13.8 Å². The van der Waals surface area contributed by atoms with Gasteiger partial charge in [0.2, 0.25) is 0 Å². The molecule has 0 heterocycles. The summed E-state index contributed by atoms with van der Waals surface area (Å²) in [4.78, 5) is 39.1. The van der Waals surface area contributed by atoms with Crippen LogP contribution in [0.25, 0.3) is 0 Å². The summed E-state index contributed by atoms with van der Waals surface area (Å²) in [5, 5.41) is 34.8. The van der Waals surface area contributed by atoms with E-state index in [4.69, 9.17) is 9.47 Å². The normalized spacial score (nSPS) is 35.9. The van der Waals surface area contributed by atoms with Crippen molar-refractivity contribution in [3.05, 3.63) is 23.3 Å². The van der Waals surface area contributed by atoms with Gasteiger partial charge in [0.1, 0.15) is 11.7 Å². The molecule has 0 amide bonds. The predicted molar refractivity (Wildman–Crippen MR) is 171 cm³/mol. The maximum absolute atomic E-state index is 13.3. The van der Waals surface area contributed by atoms with Crippen molar-refractivity contribution in [1.82, 2.24) is 0 Å². The third-order valence-electron chi connectivity index (χ3n) is 11.5. The number of aliphatic hydroxyl groups is 3. The van der Waals surface area contributed by atoms with Crippen molar-refractivity contribution < 1.29 is 44.7 Å². The van der Waals surface area contributed by atoms with Gasteiger partial charge in [0.25, 0.3) is 0 Å². The molecule has 4 rings (SSSR count). The maximum Gasteiger partial charge on any atom is 0.306 e. The molecule has 9 heteroatoms. The molecule has 256 valence electrons. The van der Waals surface area contributed by atoms with E-state index in [0.717, 1.165) is 19.3 Å². The number of aliphatic hydroxyl groups excluding tert-OH is 1. The van der Waals surface area contributed by atoms with E-state index in [2.05, 4.69) is 6.92 Å². The number of carbonyl (C=O) groups is 3. The molecule has 0 aliphatic heterocycles. The van der Waals surface area contributed by atoms with Crippen LogP contribution in [0.1, 0.15) is 125 Å². The number of rotatable bonds is 15. The highest BCUT2D eigenvalue weighted by molar-refractivity contribution is 6.04. The Labute approximate surface area is 269 Å². The number of ether oxygens (including phenoxy) is 2. The van der Waals surface area contributed by atoms with Crippen molar-refractivity contribution >= 4 is 17.7 Å². The molecule has 0 spiro atoms. The van der Waals surface area contributed by atoms with Gasteiger partial charge >= 0.3 is 11.9 Å². The molecule has 4 aliphatic carbocycles. The van der Waals surface area contributed by atoms with Crippen LogP contribution in [0.3, 0.4) is 0 Å². The molecule has 4 aliphatic rings. The van der Waals surface area contributed by atoms with Crippen molar-refractivity contribution in [3.8, 4) is 0 Å². The lowest BCUT2D eigenvalue weighted by atomic mass is 9.59. The second kappa shape index (κ2) is 14.4. The van der Waals surface area contributed by atoms with E-state index in [1.165, 1.54) is 51.9 Å². The van der Waals surface area contributed by atoms with E-state index in [0.29, 0.717) is 17.6 Å². The van der Waals surface area contributed by atoms with Crippen LogP contribution in [0.2, 0.25) is 0 Å². The lowest BCUT2D eigenvalue weighted by molar-refractivity contribution is -0.228. The first-order valence-electron chi connectivity index (χ1n) is 17.1. The van der Waals surface area contributed by atoms with Gasteiger partial charge in [-0.15, -0.1) is 0 Å². The number of carbonyl (C=O) groups excluding carboxylic acids is 3. The fourth-order valence-electron chi connectivity index (χ4n) is 9.20. The van der Waals surface area contributed by atoms with Crippen molar-refractivity contribution in [2.45, 2.75) is 148 Å². The molecule has 0 unspecified atom stereocenters. The fourth-order valence-corrected chi connectivity index (χ4v) is 9.20. The average molecular weight is 635 g/mol. The van der Waals surface area contributed by atoms with Crippen LogP contribution in [-0.2, 0) is 23.9 Å². The molecule has 5 N–H and O–H groups in total. The van der Waals surface area contributed by atoms with Gasteiger partial charge in [-0.3, -0.25) is 14.4 Å². The molecule has 2 fully saturated rings. The SMILES string of the molecule is CCCCCCCCCCCCCC(=O)O[C@H]1[C@H](C)[C@]2(O)[C@H](C=C(CO)C[C@@]3(O)C(=O)C(C)=C[C@H]23)[C@H]2C(C)(C)[C@@]12OC(C)=O.O. The number of ketones is 1. The zero-order valence-corrected chi connectivity index (χ0v) is 28.3. The second-order valence-corrected chi connectivity index (χ2v) is 14.7. The Balaban J connectivity index is 0.00000552. The van der Waals surface area contributed by atoms with E-state index in [9.17, 15) is 29.7 Å². The minimum Gasteiger partial charge on any atom is -0.458 e. The number of esters is 2. The molecule has 0 aromatic heterocycles. The Kier molecular flexibility index (Phi) is 11.9. The number of unbranched alkanes of at least 4 members (excludes halogenated alkanes) is 10. The van der Waals surface area contributed by atoms with Crippen LogP contribution in [0.15, 0.2) is 23.3 Å².